The molecule has 5 nitrogen and oxygen atoms in total. The maximum atomic E-state index is 12.0. The SMILES string of the molecule is C=CCN1CCN(C(=O)COc2ccc(O)cc2)CC1. The molecule has 0 bridgehead atoms. The van der Waals surface area contributed by atoms with E-state index in [1.165, 1.54) is 12.1 Å². The Morgan fingerprint density at radius 3 is 2.50 bits per heavy atom. The average Bonchev–Trinajstić information content (AvgIpc) is 2.47. The molecule has 0 atom stereocenters. The van der Waals surface area contributed by atoms with Gasteiger partial charge < -0.3 is 14.7 Å². The van der Waals surface area contributed by atoms with Gasteiger partial charge in [-0.1, -0.05) is 6.08 Å². The predicted molar refractivity (Wildman–Crippen MR) is 76.8 cm³/mol. The summed E-state index contributed by atoms with van der Waals surface area (Å²) in [5, 5.41) is 9.16. The first-order valence-electron chi connectivity index (χ1n) is 6.72. The molecule has 0 aliphatic carbocycles. The topological polar surface area (TPSA) is 53.0 Å². The van der Waals surface area contributed by atoms with Crippen LogP contribution in [0.1, 0.15) is 0 Å². The summed E-state index contributed by atoms with van der Waals surface area (Å²) < 4.78 is 5.42. The highest BCUT2D eigenvalue weighted by atomic mass is 16.5. The average molecular weight is 276 g/mol. The zero-order chi connectivity index (χ0) is 14.4. The van der Waals surface area contributed by atoms with Crippen molar-refractivity contribution in [3.05, 3.63) is 36.9 Å². The highest BCUT2D eigenvalue weighted by Crippen LogP contribution is 2.16. The molecule has 0 unspecified atom stereocenters. The second kappa shape index (κ2) is 6.96. The molecule has 1 N–H and O–H groups in total. The molecule has 0 saturated carbocycles. The van der Waals surface area contributed by atoms with Crippen LogP contribution >= 0.6 is 0 Å². The molecular weight excluding hydrogens is 256 g/mol. The molecule has 108 valence electrons. The van der Waals surface area contributed by atoms with E-state index in [9.17, 15) is 4.79 Å². The van der Waals surface area contributed by atoms with Crippen molar-refractivity contribution in [1.82, 2.24) is 9.80 Å². The molecule has 1 fully saturated rings. The number of benzene rings is 1. The number of carbonyl (C=O) groups excluding carboxylic acids is 1. The van der Waals surface area contributed by atoms with Crippen molar-refractivity contribution < 1.29 is 14.6 Å². The molecule has 1 saturated heterocycles. The Labute approximate surface area is 119 Å². The van der Waals surface area contributed by atoms with E-state index in [1.807, 2.05) is 11.0 Å². The van der Waals surface area contributed by atoms with E-state index in [2.05, 4.69) is 11.5 Å². The smallest absolute Gasteiger partial charge is 0.260 e. The molecular formula is C15H20N2O3. The number of aromatic hydroxyl groups is 1. The van der Waals surface area contributed by atoms with E-state index in [4.69, 9.17) is 9.84 Å². The van der Waals surface area contributed by atoms with Crippen LogP contribution in [0.2, 0.25) is 0 Å². The van der Waals surface area contributed by atoms with E-state index in [0.717, 1.165) is 32.7 Å². The highest BCUT2D eigenvalue weighted by molar-refractivity contribution is 5.77. The van der Waals surface area contributed by atoms with Gasteiger partial charge in [-0.15, -0.1) is 6.58 Å². The van der Waals surface area contributed by atoms with Gasteiger partial charge in [-0.2, -0.15) is 0 Å². The molecule has 0 radical (unpaired) electrons. The summed E-state index contributed by atoms with van der Waals surface area (Å²) in [6, 6.07) is 6.36. The monoisotopic (exact) mass is 276 g/mol. The number of phenolic OH excluding ortho intramolecular Hbond substituents is 1. The van der Waals surface area contributed by atoms with Crippen molar-refractivity contribution in [1.29, 1.82) is 0 Å². The second-order valence-electron chi connectivity index (χ2n) is 4.75. The second-order valence-corrected chi connectivity index (χ2v) is 4.75. The number of piperazine rings is 1. The van der Waals surface area contributed by atoms with Crippen LogP contribution in [-0.4, -0.2) is 60.1 Å². The highest BCUT2D eigenvalue weighted by Gasteiger charge is 2.20. The lowest BCUT2D eigenvalue weighted by Gasteiger charge is -2.34. The van der Waals surface area contributed by atoms with Crippen molar-refractivity contribution in [3.63, 3.8) is 0 Å². The van der Waals surface area contributed by atoms with Gasteiger partial charge in [0.15, 0.2) is 6.61 Å². The van der Waals surface area contributed by atoms with Gasteiger partial charge in [0, 0.05) is 32.7 Å². The van der Waals surface area contributed by atoms with E-state index in [1.54, 1.807) is 12.1 Å². The van der Waals surface area contributed by atoms with Crippen LogP contribution in [0.15, 0.2) is 36.9 Å². The summed E-state index contributed by atoms with van der Waals surface area (Å²) in [6.45, 7) is 7.82. The van der Waals surface area contributed by atoms with Gasteiger partial charge in [0.2, 0.25) is 0 Å². The maximum Gasteiger partial charge on any atom is 0.260 e. The van der Waals surface area contributed by atoms with Gasteiger partial charge in [0.05, 0.1) is 0 Å². The molecule has 5 heteroatoms. The van der Waals surface area contributed by atoms with Gasteiger partial charge in [0.1, 0.15) is 11.5 Å². The molecule has 1 aliphatic rings. The zero-order valence-corrected chi connectivity index (χ0v) is 11.5. The first kappa shape index (κ1) is 14.4. The van der Waals surface area contributed by atoms with Crippen LogP contribution in [0, 0.1) is 0 Å². The molecule has 1 aromatic carbocycles. The number of carbonyl (C=O) groups is 1. The lowest BCUT2D eigenvalue weighted by molar-refractivity contribution is -0.135. The van der Waals surface area contributed by atoms with Crippen molar-refractivity contribution in [2.75, 3.05) is 39.3 Å². The molecule has 1 aromatic rings. The minimum absolute atomic E-state index is 0.00340. The molecule has 0 spiro atoms. The van der Waals surface area contributed by atoms with Crippen molar-refractivity contribution in [3.8, 4) is 11.5 Å². The standard InChI is InChI=1S/C15H20N2O3/c1-2-7-16-8-10-17(11-9-16)15(19)12-20-14-5-3-13(18)4-6-14/h2-6,18H,1,7-12H2. The van der Waals surface area contributed by atoms with E-state index < -0.39 is 0 Å². The number of rotatable bonds is 5. The van der Waals surface area contributed by atoms with Gasteiger partial charge in [-0.05, 0) is 24.3 Å². The first-order chi connectivity index (χ1) is 9.69. The number of phenols is 1. The normalized spacial score (nSPS) is 15.9. The molecule has 20 heavy (non-hydrogen) atoms. The molecule has 0 aromatic heterocycles. The van der Waals surface area contributed by atoms with Crippen molar-refractivity contribution in [2.45, 2.75) is 0 Å². The summed E-state index contributed by atoms with van der Waals surface area (Å²) in [7, 11) is 0. The molecule has 1 amide bonds. The van der Waals surface area contributed by atoms with Gasteiger partial charge in [-0.25, -0.2) is 0 Å². The quantitative estimate of drug-likeness (QED) is 0.818. The predicted octanol–water partition coefficient (Wildman–Crippen LogP) is 1.10. The van der Waals surface area contributed by atoms with Crippen LogP contribution in [0.4, 0.5) is 0 Å². The number of nitrogens with zero attached hydrogens (tertiary/aromatic N) is 2. The first-order valence-corrected chi connectivity index (χ1v) is 6.72. The summed E-state index contributed by atoms with van der Waals surface area (Å²) in [6.07, 6.45) is 1.88. The third-order valence-corrected chi connectivity index (χ3v) is 3.31. The maximum absolute atomic E-state index is 12.0. The Morgan fingerprint density at radius 2 is 1.90 bits per heavy atom. The zero-order valence-electron chi connectivity index (χ0n) is 11.5. The lowest BCUT2D eigenvalue weighted by Crippen LogP contribution is -2.49. The number of hydrogen-bond acceptors (Lipinski definition) is 4. The molecule has 1 heterocycles. The fraction of sp³-hybridized carbons (Fsp3) is 0.400. The fourth-order valence-electron chi connectivity index (χ4n) is 2.14. The van der Waals surface area contributed by atoms with E-state index in [-0.39, 0.29) is 18.3 Å². The Kier molecular flexibility index (Phi) is 5.01. The Balaban J connectivity index is 1.75. The third-order valence-electron chi connectivity index (χ3n) is 3.31. The van der Waals surface area contributed by atoms with Crippen molar-refractivity contribution in [2.24, 2.45) is 0 Å². The van der Waals surface area contributed by atoms with Crippen LogP contribution < -0.4 is 4.74 Å². The minimum atomic E-state index is -0.00340. The summed E-state index contributed by atoms with van der Waals surface area (Å²) >= 11 is 0. The van der Waals surface area contributed by atoms with Gasteiger partial charge in [0.25, 0.3) is 5.91 Å². The van der Waals surface area contributed by atoms with Crippen LogP contribution in [0.3, 0.4) is 0 Å². The number of ether oxygens (including phenoxy) is 1. The van der Waals surface area contributed by atoms with Crippen LogP contribution in [0.5, 0.6) is 11.5 Å². The largest absolute Gasteiger partial charge is 0.508 e. The van der Waals surface area contributed by atoms with Crippen LogP contribution in [-0.2, 0) is 4.79 Å². The van der Waals surface area contributed by atoms with Crippen LogP contribution in [0.25, 0.3) is 0 Å². The third kappa shape index (κ3) is 3.99. The van der Waals surface area contributed by atoms with Crippen molar-refractivity contribution >= 4 is 5.91 Å². The number of amides is 1. The number of hydrogen-bond donors (Lipinski definition) is 1. The molecule has 1 aliphatic heterocycles. The summed E-state index contributed by atoms with van der Waals surface area (Å²) in [5.74, 6) is 0.764. The molecule has 2 rings (SSSR count). The lowest BCUT2D eigenvalue weighted by atomic mass is 10.3. The Bertz CT molecular complexity index is 451. The van der Waals surface area contributed by atoms with Gasteiger partial charge >= 0.3 is 0 Å². The van der Waals surface area contributed by atoms with E-state index >= 15 is 0 Å². The summed E-state index contributed by atoms with van der Waals surface area (Å²) in [5.41, 5.74) is 0. The summed E-state index contributed by atoms with van der Waals surface area (Å²) in [4.78, 5) is 16.1. The Morgan fingerprint density at radius 1 is 1.25 bits per heavy atom. The van der Waals surface area contributed by atoms with Gasteiger partial charge in [-0.3, -0.25) is 9.69 Å². The fourth-order valence-corrected chi connectivity index (χ4v) is 2.14. The minimum Gasteiger partial charge on any atom is -0.508 e. The van der Waals surface area contributed by atoms with E-state index in [0.29, 0.717) is 5.75 Å². The Hall–Kier alpha value is -2.01.